The van der Waals surface area contributed by atoms with Crippen molar-refractivity contribution in [3.8, 4) is 10.4 Å². The van der Waals surface area contributed by atoms with Gasteiger partial charge in [0.1, 0.15) is 5.00 Å². The average Bonchev–Trinajstić information content (AvgIpc) is 3.19. The lowest BCUT2D eigenvalue weighted by Crippen LogP contribution is -2.41. The zero-order valence-electron chi connectivity index (χ0n) is 18.5. The molecule has 1 aromatic heterocycles. The van der Waals surface area contributed by atoms with Crippen molar-refractivity contribution in [2.75, 3.05) is 37.4 Å². The number of carbonyl (C=O) groups is 2. The first-order valence-corrected chi connectivity index (χ1v) is 12.5. The molecule has 3 aromatic rings. The molecule has 0 saturated carbocycles. The topological polar surface area (TPSA) is 102 Å². The number of anilines is 1. The maximum absolute atomic E-state index is 13.4. The van der Waals surface area contributed by atoms with Gasteiger partial charge in [-0.15, -0.1) is 23.1 Å². The van der Waals surface area contributed by atoms with E-state index in [4.69, 9.17) is 4.74 Å². The second kappa shape index (κ2) is 10.8. The molecule has 8 nitrogen and oxygen atoms in total. The number of benzene rings is 2. The number of morpholine rings is 1. The number of amides is 2. The minimum atomic E-state index is -0.461. The first kappa shape index (κ1) is 23.9. The van der Waals surface area contributed by atoms with Crippen molar-refractivity contribution in [3.05, 3.63) is 75.8 Å². The lowest BCUT2D eigenvalue weighted by molar-refractivity contribution is -0.384. The molecule has 0 aliphatic carbocycles. The summed E-state index contributed by atoms with van der Waals surface area (Å²) in [6.45, 7) is 3.92. The molecular formula is C24H23N3O5S2. The van der Waals surface area contributed by atoms with Gasteiger partial charge in [-0.2, -0.15) is 0 Å². The number of nitrogens with zero attached hydrogens (tertiary/aromatic N) is 2. The van der Waals surface area contributed by atoms with E-state index in [2.05, 4.69) is 5.32 Å². The SMILES string of the molecule is Cc1c(-c2ccccc2)sc(NC(=O)CSc2ccc([N+](=O)[O-])cc2)c1C(=O)N1CCOCC1. The Labute approximate surface area is 205 Å². The molecule has 34 heavy (non-hydrogen) atoms. The highest BCUT2D eigenvalue weighted by atomic mass is 32.2. The number of nitro benzene ring substituents is 1. The van der Waals surface area contributed by atoms with Gasteiger partial charge in [0.2, 0.25) is 5.91 Å². The number of nitrogens with one attached hydrogen (secondary N) is 1. The third kappa shape index (κ3) is 5.46. The summed E-state index contributed by atoms with van der Waals surface area (Å²) in [5, 5.41) is 14.3. The molecule has 0 unspecified atom stereocenters. The van der Waals surface area contributed by atoms with Gasteiger partial charge in [-0.1, -0.05) is 30.3 Å². The fourth-order valence-corrected chi connectivity index (χ4v) is 5.54. The van der Waals surface area contributed by atoms with Crippen LogP contribution in [0.15, 0.2) is 59.5 Å². The molecule has 1 aliphatic rings. The molecule has 2 amide bonds. The zero-order chi connectivity index (χ0) is 24.1. The van der Waals surface area contributed by atoms with Crippen molar-refractivity contribution in [2.45, 2.75) is 11.8 Å². The zero-order valence-corrected chi connectivity index (χ0v) is 20.1. The molecule has 1 N–H and O–H groups in total. The minimum absolute atomic E-state index is 0.00238. The normalized spacial score (nSPS) is 13.5. The summed E-state index contributed by atoms with van der Waals surface area (Å²) in [6.07, 6.45) is 0. The van der Waals surface area contributed by atoms with E-state index in [-0.39, 0.29) is 23.3 Å². The lowest BCUT2D eigenvalue weighted by atomic mass is 10.1. The van der Waals surface area contributed by atoms with Crippen molar-refractivity contribution in [1.29, 1.82) is 0 Å². The molecule has 0 atom stereocenters. The van der Waals surface area contributed by atoms with Crippen LogP contribution < -0.4 is 5.32 Å². The molecule has 10 heteroatoms. The number of nitro groups is 1. The number of carbonyl (C=O) groups excluding carboxylic acids is 2. The van der Waals surface area contributed by atoms with Crippen molar-refractivity contribution < 1.29 is 19.2 Å². The monoisotopic (exact) mass is 497 g/mol. The Hall–Kier alpha value is -3.21. The Morgan fingerprint density at radius 1 is 1.12 bits per heavy atom. The third-order valence-electron chi connectivity index (χ3n) is 5.37. The van der Waals surface area contributed by atoms with Crippen molar-refractivity contribution in [3.63, 3.8) is 0 Å². The van der Waals surface area contributed by atoms with Crippen LogP contribution in [0.25, 0.3) is 10.4 Å². The quantitative estimate of drug-likeness (QED) is 0.285. The number of ether oxygens (including phenoxy) is 1. The Morgan fingerprint density at radius 3 is 2.44 bits per heavy atom. The van der Waals surface area contributed by atoms with Gasteiger partial charge in [-0.25, -0.2) is 0 Å². The fraction of sp³-hybridized carbons (Fsp3) is 0.250. The summed E-state index contributed by atoms with van der Waals surface area (Å²) < 4.78 is 5.38. The van der Waals surface area contributed by atoms with E-state index in [0.29, 0.717) is 36.9 Å². The molecular weight excluding hydrogens is 474 g/mol. The van der Waals surface area contributed by atoms with Crippen molar-refractivity contribution >= 4 is 45.6 Å². The van der Waals surface area contributed by atoms with E-state index in [0.717, 1.165) is 20.9 Å². The van der Waals surface area contributed by atoms with Crippen LogP contribution in [-0.2, 0) is 9.53 Å². The van der Waals surface area contributed by atoms with E-state index in [1.54, 1.807) is 17.0 Å². The molecule has 0 spiro atoms. The molecule has 1 fully saturated rings. The van der Waals surface area contributed by atoms with Crippen LogP contribution >= 0.6 is 23.1 Å². The first-order valence-electron chi connectivity index (χ1n) is 10.7. The van der Waals surface area contributed by atoms with Crippen molar-refractivity contribution in [2.24, 2.45) is 0 Å². The second-order valence-corrected chi connectivity index (χ2v) is 9.69. The number of hydrogen-bond donors (Lipinski definition) is 1. The predicted molar refractivity (Wildman–Crippen MR) is 134 cm³/mol. The van der Waals surface area contributed by atoms with E-state index >= 15 is 0 Å². The Kier molecular flexibility index (Phi) is 7.61. The van der Waals surface area contributed by atoms with Gasteiger partial charge in [0.25, 0.3) is 11.6 Å². The molecule has 0 radical (unpaired) electrons. The van der Waals surface area contributed by atoms with Gasteiger partial charge < -0.3 is 15.0 Å². The van der Waals surface area contributed by atoms with Gasteiger partial charge in [0, 0.05) is 35.0 Å². The molecule has 176 valence electrons. The summed E-state index contributed by atoms with van der Waals surface area (Å²) in [5.74, 6) is -0.251. The highest BCUT2D eigenvalue weighted by molar-refractivity contribution is 8.00. The summed E-state index contributed by atoms with van der Waals surface area (Å²) >= 11 is 2.67. The first-order chi connectivity index (χ1) is 16.4. The maximum atomic E-state index is 13.4. The van der Waals surface area contributed by atoms with E-state index in [1.165, 1.54) is 35.2 Å². The van der Waals surface area contributed by atoms with E-state index in [9.17, 15) is 19.7 Å². The summed E-state index contributed by atoms with van der Waals surface area (Å²) in [6, 6.07) is 15.8. The standard InChI is InChI=1S/C24H23N3O5S2/c1-16-21(24(29)26-11-13-32-14-12-26)23(34-22(16)17-5-3-2-4-6-17)25-20(28)15-33-19-9-7-18(8-10-19)27(30)31/h2-10H,11-15H2,1H3,(H,25,28). The van der Waals surface area contributed by atoms with Crippen LogP contribution in [0.3, 0.4) is 0 Å². The summed E-state index contributed by atoms with van der Waals surface area (Å²) in [5.41, 5.74) is 2.34. The van der Waals surface area contributed by atoms with E-state index < -0.39 is 4.92 Å². The third-order valence-corrected chi connectivity index (χ3v) is 7.63. The average molecular weight is 498 g/mol. The number of rotatable bonds is 7. The van der Waals surface area contributed by atoms with Crippen LogP contribution in [-0.4, -0.2) is 53.7 Å². The molecule has 2 aromatic carbocycles. The fourth-order valence-electron chi connectivity index (χ4n) is 3.62. The molecule has 2 heterocycles. The van der Waals surface area contributed by atoms with Crippen LogP contribution in [0.2, 0.25) is 0 Å². The van der Waals surface area contributed by atoms with Crippen LogP contribution in [0.1, 0.15) is 15.9 Å². The second-order valence-electron chi connectivity index (χ2n) is 7.62. The van der Waals surface area contributed by atoms with Crippen LogP contribution in [0, 0.1) is 17.0 Å². The largest absolute Gasteiger partial charge is 0.378 e. The van der Waals surface area contributed by atoms with Gasteiger partial charge in [-0.05, 0) is 30.2 Å². The highest BCUT2D eigenvalue weighted by Crippen LogP contribution is 2.40. The van der Waals surface area contributed by atoms with Gasteiger partial charge in [0.05, 0.1) is 29.5 Å². The minimum Gasteiger partial charge on any atom is -0.378 e. The molecule has 1 saturated heterocycles. The van der Waals surface area contributed by atoms with Gasteiger partial charge in [-0.3, -0.25) is 19.7 Å². The van der Waals surface area contributed by atoms with Crippen molar-refractivity contribution in [1.82, 2.24) is 4.90 Å². The maximum Gasteiger partial charge on any atom is 0.269 e. The number of hydrogen-bond acceptors (Lipinski definition) is 7. The summed E-state index contributed by atoms with van der Waals surface area (Å²) in [7, 11) is 0. The van der Waals surface area contributed by atoms with Gasteiger partial charge in [0.15, 0.2) is 0 Å². The van der Waals surface area contributed by atoms with Gasteiger partial charge >= 0.3 is 0 Å². The Balaban J connectivity index is 1.54. The number of thioether (sulfide) groups is 1. The van der Waals surface area contributed by atoms with E-state index in [1.807, 2.05) is 37.3 Å². The molecule has 4 rings (SSSR count). The molecule has 0 bridgehead atoms. The Morgan fingerprint density at radius 2 is 1.79 bits per heavy atom. The lowest BCUT2D eigenvalue weighted by Gasteiger charge is -2.27. The Bertz CT molecular complexity index is 1190. The smallest absolute Gasteiger partial charge is 0.269 e. The summed E-state index contributed by atoms with van der Waals surface area (Å²) in [4.78, 5) is 40.0. The molecule has 1 aliphatic heterocycles. The number of thiophene rings is 1. The highest BCUT2D eigenvalue weighted by Gasteiger charge is 2.28. The predicted octanol–water partition coefficient (Wildman–Crippen LogP) is 4.83. The number of non-ortho nitro benzene ring substituents is 1. The van der Waals surface area contributed by atoms with Crippen LogP contribution in [0.5, 0.6) is 0 Å². The van der Waals surface area contributed by atoms with Crippen LogP contribution in [0.4, 0.5) is 10.7 Å².